The summed E-state index contributed by atoms with van der Waals surface area (Å²) in [6.07, 6.45) is 3.62. The van der Waals surface area contributed by atoms with Gasteiger partial charge in [0.15, 0.2) is 5.43 Å². The molecule has 0 saturated carbocycles. The smallest absolute Gasteiger partial charge is 0.248 e. The minimum Gasteiger partial charge on any atom is -0.369 e. The number of aromatic nitrogens is 2. The number of piperazine rings is 1. The molecule has 0 aliphatic carbocycles. The summed E-state index contributed by atoms with van der Waals surface area (Å²) in [5.41, 5.74) is 8.32. The second-order valence-corrected chi connectivity index (χ2v) is 6.75. The van der Waals surface area contributed by atoms with Gasteiger partial charge < -0.3 is 15.6 Å². The van der Waals surface area contributed by atoms with Crippen molar-refractivity contribution in [3.63, 3.8) is 0 Å². The van der Waals surface area contributed by atoms with E-state index in [4.69, 9.17) is 5.73 Å². The van der Waals surface area contributed by atoms with Crippen molar-refractivity contribution in [1.29, 1.82) is 0 Å². The summed E-state index contributed by atoms with van der Waals surface area (Å²) in [4.78, 5) is 35.8. The molecule has 0 spiro atoms. The predicted octanol–water partition coefficient (Wildman–Crippen LogP) is 1.34. The summed E-state index contributed by atoms with van der Waals surface area (Å²) >= 11 is 0. The lowest BCUT2D eigenvalue weighted by Gasteiger charge is -2.36. The van der Waals surface area contributed by atoms with Gasteiger partial charge in [-0.1, -0.05) is 0 Å². The lowest BCUT2D eigenvalue weighted by molar-refractivity contribution is 0.100. The first kappa shape index (κ1) is 17.2. The molecule has 0 unspecified atom stereocenters. The Morgan fingerprint density at radius 1 is 1.07 bits per heavy atom. The van der Waals surface area contributed by atoms with Gasteiger partial charge in [-0.2, -0.15) is 0 Å². The first-order chi connectivity index (χ1) is 13.1. The molecule has 0 radical (unpaired) electrons. The summed E-state index contributed by atoms with van der Waals surface area (Å²) in [7, 11) is 0. The largest absolute Gasteiger partial charge is 0.369 e. The Bertz CT molecular complexity index is 1020. The first-order valence-corrected chi connectivity index (χ1v) is 8.93. The topological polar surface area (TPSA) is 95.3 Å². The van der Waals surface area contributed by atoms with Gasteiger partial charge in [0.1, 0.15) is 0 Å². The molecule has 2 aromatic heterocycles. The van der Waals surface area contributed by atoms with Crippen molar-refractivity contribution in [3.8, 4) is 0 Å². The number of fused-ring (bicyclic) bond motifs is 1. The number of anilines is 1. The van der Waals surface area contributed by atoms with Crippen molar-refractivity contribution in [2.24, 2.45) is 5.73 Å². The number of nitrogens with one attached hydrogen (secondary N) is 1. The molecule has 27 heavy (non-hydrogen) atoms. The number of nitrogens with two attached hydrogens (primary N) is 1. The predicted molar refractivity (Wildman–Crippen MR) is 105 cm³/mol. The van der Waals surface area contributed by atoms with E-state index in [1.807, 2.05) is 24.5 Å². The van der Waals surface area contributed by atoms with Crippen LogP contribution in [0.1, 0.15) is 16.1 Å². The zero-order valence-corrected chi connectivity index (χ0v) is 14.9. The quantitative estimate of drug-likeness (QED) is 0.729. The Labute approximate surface area is 156 Å². The molecule has 4 rings (SSSR count). The zero-order valence-electron chi connectivity index (χ0n) is 14.9. The fourth-order valence-electron chi connectivity index (χ4n) is 3.50. The maximum Gasteiger partial charge on any atom is 0.248 e. The number of rotatable bonds is 4. The highest BCUT2D eigenvalue weighted by molar-refractivity contribution is 5.96. The molecule has 7 nitrogen and oxygen atoms in total. The van der Waals surface area contributed by atoms with Crippen molar-refractivity contribution in [2.75, 3.05) is 31.1 Å². The fraction of sp³-hybridized carbons (Fsp3) is 0.250. The van der Waals surface area contributed by atoms with Crippen molar-refractivity contribution >= 4 is 22.5 Å². The normalized spacial score (nSPS) is 15.2. The molecule has 138 valence electrons. The maximum atomic E-state index is 12.4. The number of nitrogens with zero attached hydrogens (tertiary/aromatic N) is 3. The molecule has 1 aromatic carbocycles. The van der Waals surface area contributed by atoms with Crippen LogP contribution in [0.3, 0.4) is 0 Å². The highest BCUT2D eigenvalue weighted by Crippen LogP contribution is 2.16. The standard InChI is InChI=1S/C20H21N5O2/c21-20(27)14-1-2-18-17(11-14)19(26)12-15(23-18)13-24-7-9-25(10-8-24)16-3-5-22-6-4-16/h1-6,11-12H,7-10,13H2,(H2,21,27)(H,23,26). The Morgan fingerprint density at radius 3 is 2.52 bits per heavy atom. The number of H-pyrrole nitrogens is 1. The number of hydrogen-bond acceptors (Lipinski definition) is 5. The van der Waals surface area contributed by atoms with Gasteiger partial charge in [-0.05, 0) is 30.3 Å². The zero-order chi connectivity index (χ0) is 18.8. The molecule has 1 aliphatic rings. The summed E-state index contributed by atoms with van der Waals surface area (Å²) in [6.45, 7) is 4.40. The molecule has 1 aliphatic heterocycles. The van der Waals surface area contributed by atoms with E-state index in [0.29, 0.717) is 17.5 Å². The van der Waals surface area contributed by atoms with Gasteiger partial charge in [0.2, 0.25) is 5.91 Å². The minimum atomic E-state index is -0.535. The number of hydrogen-bond donors (Lipinski definition) is 2. The van der Waals surface area contributed by atoms with Gasteiger partial charge in [0.25, 0.3) is 0 Å². The van der Waals surface area contributed by atoms with Gasteiger partial charge in [-0.15, -0.1) is 0 Å². The SMILES string of the molecule is NC(=O)c1ccc2[nH]c(CN3CCN(c4ccncc4)CC3)cc(=O)c2c1. The highest BCUT2D eigenvalue weighted by Gasteiger charge is 2.18. The summed E-state index contributed by atoms with van der Waals surface area (Å²) < 4.78 is 0. The summed E-state index contributed by atoms with van der Waals surface area (Å²) in [5.74, 6) is -0.535. The second kappa shape index (κ2) is 7.20. The van der Waals surface area contributed by atoms with Crippen molar-refractivity contribution < 1.29 is 4.79 Å². The maximum absolute atomic E-state index is 12.4. The molecule has 1 saturated heterocycles. The highest BCUT2D eigenvalue weighted by atomic mass is 16.1. The van der Waals surface area contributed by atoms with E-state index in [1.165, 1.54) is 5.69 Å². The Kier molecular flexibility index (Phi) is 4.60. The van der Waals surface area contributed by atoms with Crippen LogP contribution in [0, 0.1) is 0 Å². The monoisotopic (exact) mass is 363 g/mol. The number of aromatic amines is 1. The average molecular weight is 363 g/mol. The van der Waals surface area contributed by atoms with E-state index in [2.05, 4.69) is 19.8 Å². The van der Waals surface area contributed by atoms with E-state index in [-0.39, 0.29) is 5.43 Å². The van der Waals surface area contributed by atoms with Crippen molar-refractivity contribution in [3.05, 3.63) is 70.3 Å². The number of pyridine rings is 2. The van der Waals surface area contributed by atoms with E-state index in [1.54, 1.807) is 24.3 Å². The van der Waals surface area contributed by atoms with E-state index < -0.39 is 5.91 Å². The molecule has 3 N–H and O–H groups in total. The average Bonchev–Trinajstić information content (AvgIpc) is 2.69. The van der Waals surface area contributed by atoms with Crippen LogP contribution in [-0.4, -0.2) is 47.0 Å². The fourth-order valence-corrected chi connectivity index (χ4v) is 3.50. The molecule has 0 atom stereocenters. The van der Waals surface area contributed by atoms with Crippen LogP contribution in [-0.2, 0) is 6.54 Å². The first-order valence-electron chi connectivity index (χ1n) is 8.93. The molecule has 3 heterocycles. The number of benzene rings is 1. The molecule has 3 aromatic rings. The minimum absolute atomic E-state index is 0.0997. The van der Waals surface area contributed by atoms with Crippen LogP contribution in [0.25, 0.3) is 10.9 Å². The van der Waals surface area contributed by atoms with Crippen LogP contribution in [0.5, 0.6) is 0 Å². The number of carbonyl (C=O) groups is 1. The van der Waals surface area contributed by atoms with Crippen LogP contribution in [0.15, 0.2) is 53.6 Å². The van der Waals surface area contributed by atoms with Gasteiger partial charge in [0.05, 0.1) is 0 Å². The summed E-state index contributed by atoms with van der Waals surface area (Å²) in [6, 6.07) is 10.6. The molecular formula is C20H21N5O2. The lowest BCUT2D eigenvalue weighted by Crippen LogP contribution is -2.46. The van der Waals surface area contributed by atoms with Gasteiger partial charge >= 0.3 is 0 Å². The van der Waals surface area contributed by atoms with Crippen LogP contribution in [0.4, 0.5) is 5.69 Å². The van der Waals surface area contributed by atoms with E-state index >= 15 is 0 Å². The third-order valence-corrected chi connectivity index (χ3v) is 4.96. The van der Waals surface area contributed by atoms with Crippen LogP contribution >= 0.6 is 0 Å². The Balaban J connectivity index is 1.47. The summed E-state index contributed by atoms with van der Waals surface area (Å²) in [5, 5.41) is 0.484. The van der Waals surface area contributed by atoms with Crippen LogP contribution < -0.4 is 16.1 Å². The van der Waals surface area contributed by atoms with Crippen LogP contribution in [0.2, 0.25) is 0 Å². The van der Waals surface area contributed by atoms with Gasteiger partial charge in [-0.3, -0.25) is 19.5 Å². The van der Waals surface area contributed by atoms with E-state index in [0.717, 1.165) is 37.4 Å². The molecule has 0 bridgehead atoms. The number of primary amides is 1. The number of carbonyl (C=O) groups excluding carboxylic acids is 1. The molecule has 7 heteroatoms. The molecule has 1 amide bonds. The van der Waals surface area contributed by atoms with Crippen molar-refractivity contribution in [2.45, 2.75) is 6.54 Å². The van der Waals surface area contributed by atoms with Crippen molar-refractivity contribution in [1.82, 2.24) is 14.9 Å². The van der Waals surface area contributed by atoms with E-state index in [9.17, 15) is 9.59 Å². The Morgan fingerprint density at radius 2 is 1.81 bits per heavy atom. The second-order valence-electron chi connectivity index (χ2n) is 6.75. The Hall–Kier alpha value is -3.19. The van der Waals surface area contributed by atoms with Gasteiger partial charge in [-0.25, -0.2) is 0 Å². The van der Waals surface area contributed by atoms with Gasteiger partial charge in [0, 0.05) is 79.0 Å². The third kappa shape index (κ3) is 3.68. The lowest BCUT2D eigenvalue weighted by atomic mass is 10.1. The number of amides is 1. The molecular weight excluding hydrogens is 342 g/mol. The molecule has 1 fully saturated rings. The third-order valence-electron chi connectivity index (χ3n) is 4.96.